The Morgan fingerprint density at radius 2 is 1.93 bits per heavy atom. The molecule has 1 saturated heterocycles. The second-order valence-electron chi connectivity index (χ2n) is 3.94. The molecular formula is C9H15FO4S. The summed E-state index contributed by atoms with van der Waals surface area (Å²) in [6, 6.07) is 0. The summed E-state index contributed by atoms with van der Waals surface area (Å²) in [5, 5.41) is 8.46. The van der Waals surface area contributed by atoms with Crippen molar-refractivity contribution in [3.8, 4) is 0 Å². The van der Waals surface area contributed by atoms with Gasteiger partial charge in [0.25, 0.3) is 0 Å². The molecule has 0 amide bonds. The van der Waals surface area contributed by atoms with Gasteiger partial charge in [-0.1, -0.05) is 0 Å². The fourth-order valence-corrected chi connectivity index (χ4v) is 3.23. The average Bonchev–Trinajstić information content (AvgIpc) is 2.25. The Bertz CT molecular complexity index is 325. The summed E-state index contributed by atoms with van der Waals surface area (Å²) >= 11 is 0. The topological polar surface area (TPSA) is 71.4 Å². The van der Waals surface area contributed by atoms with Crippen LogP contribution in [0.5, 0.6) is 0 Å². The van der Waals surface area contributed by atoms with Crippen LogP contribution in [0.2, 0.25) is 0 Å². The van der Waals surface area contributed by atoms with Crippen molar-refractivity contribution in [2.75, 3.05) is 11.5 Å². The van der Waals surface area contributed by atoms with Crippen LogP contribution in [0.3, 0.4) is 0 Å². The number of carboxylic acid groups (broad SMARTS) is 1. The Morgan fingerprint density at radius 3 is 2.53 bits per heavy atom. The molecule has 15 heavy (non-hydrogen) atoms. The van der Waals surface area contributed by atoms with Gasteiger partial charge in [0.2, 0.25) is 0 Å². The summed E-state index contributed by atoms with van der Waals surface area (Å²) in [6.45, 7) is 0. The maximum atomic E-state index is 13.4. The van der Waals surface area contributed by atoms with Gasteiger partial charge in [0.15, 0.2) is 0 Å². The standard InChI is InChI=1S/C9H15FO4S/c10-8-4-6-15(13,14)5-3-7(8)1-2-9(11)12/h7-8H,1-6H2,(H,11,12)/t7-,8+/m0/s1. The minimum absolute atomic E-state index is 0.00657. The predicted octanol–water partition coefficient (Wildman–Crippen LogP) is 1.01. The van der Waals surface area contributed by atoms with Crippen LogP contribution < -0.4 is 0 Å². The van der Waals surface area contributed by atoms with E-state index in [4.69, 9.17) is 5.11 Å². The normalized spacial score (nSPS) is 30.7. The van der Waals surface area contributed by atoms with Gasteiger partial charge < -0.3 is 5.11 Å². The van der Waals surface area contributed by atoms with Crippen LogP contribution in [0.1, 0.15) is 25.7 Å². The molecule has 0 bridgehead atoms. The Hall–Kier alpha value is -0.650. The molecule has 1 rings (SSSR count). The van der Waals surface area contributed by atoms with Crippen molar-refractivity contribution in [3.05, 3.63) is 0 Å². The van der Waals surface area contributed by atoms with Crippen molar-refractivity contribution in [2.24, 2.45) is 5.92 Å². The number of halogens is 1. The van der Waals surface area contributed by atoms with Crippen LogP contribution in [-0.4, -0.2) is 37.2 Å². The lowest BCUT2D eigenvalue weighted by Crippen LogP contribution is -2.16. The van der Waals surface area contributed by atoms with Gasteiger partial charge in [0.1, 0.15) is 16.0 Å². The van der Waals surface area contributed by atoms with E-state index in [1.165, 1.54) is 0 Å². The summed E-state index contributed by atoms with van der Waals surface area (Å²) in [7, 11) is -3.11. The Balaban J connectivity index is 2.54. The largest absolute Gasteiger partial charge is 0.481 e. The molecule has 0 aromatic carbocycles. The van der Waals surface area contributed by atoms with E-state index in [0.29, 0.717) is 0 Å². The highest BCUT2D eigenvalue weighted by Crippen LogP contribution is 2.26. The van der Waals surface area contributed by atoms with Crippen molar-refractivity contribution in [2.45, 2.75) is 31.9 Å². The van der Waals surface area contributed by atoms with Gasteiger partial charge in [-0.05, 0) is 25.2 Å². The van der Waals surface area contributed by atoms with Crippen molar-refractivity contribution in [1.82, 2.24) is 0 Å². The lowest BCUT2D eigenvalue weighted by atomic mass is 9.94. The smallest absolute Gasteiger partial charge is 0.303 e. The van der Waals surface area contributed by atoms with Crippen LogP contribution in [0, 0.1) is 5.92 Å². The molecule has 1 aliphatic heterocycles. The molecule has 4 nitrogen and oxygen atoms in total. The number of carbonyl (C=O) groups is 1. The quantitative estimate of drug-likeness (QED) is 0.796. The monoisotopic (exact) mass is 238 g/mol. The molecule has 1 aliphatic rings. The highest BCUT2D eigenvalue weighted by atomic mass is 32.2. The molecule has 0 radical (unpaired) electrons. The fourth-order valence-electron chi connectivity index (χ4n) is 1.78. The molecule has 1 fully saturated rings. The first-order valence-corrected chi connectivity index (χ1v) is 6.79. The summed E-state index contributed by atoms with van der Waals surface area (Å²) in [5.74, 6) is -1.51. The first-order chi connectivity index (χ1) is 6.91. The third-order valence-corrected chi connectivity index (χ3v) is 4.46. The van der Waals surface area contributed by atoms with Crippen LogP contribution in [0.15, 0.2) is 0 Å². The van der Waals surface area contributed by atoms with Gasteiger partial charge in [0.05, 0.1) is 11.5 Å². The van der Waals surface area contributed by atoms with E-state index in [0.717, 1.165) is 0 Å². The number of rotatable bonds is 3. The lowest BCUT2D eigenvalue weighted by Gasteiger charge is -2.15. The predicted molar refractivity (Wildman–Crippen MR) is 53.1 cm³/mol. The molecule has 0 saturated carbocycles. The van der Waals surface area contributed by atoms with Crippen molar-refractivity contribution in [1.29, 1.82) is 0 Å². The van der Waals surface area contributed by atoms with E-state index in [1.807, 2.05) is 0 Å². The number of hydrogen-bond acceptors (Lipinski definition) is 3. The highest BCUT2D eigenvalue weighted by Gasteiger charge is 2.29. The van der Waals surface area contributed by atoms with Crippen molar-refractivity contribution < 1.29 is 22.7 Å². The molecule has 2 atom stereocenters. The number of carboxylic acids is 1. The molecule has 6 heteroatoms. The molecule has 1 heterocycles. The van der Waals surface area contributed by atoms with Gasteiger partial charge >= 0.3 is 5.97 Å². The van der Waals surface area contributed by atoms with Gasteiger partial charge in [-0.3, -0.25) is 4.79 Å². The zero-order chi connectivity index (χ0) is 11.5. The van der Waals surface area contributed by atoms with E-state index < -0.39 is 27.9 Å². The number of hydrogen-bond donors (Lipinski definition) is 1. The zero-order valence-electron chi connectivity index (χ0n) is 8.36. The maximum Gasteiger partial charge on any atom is 0.303 e. The van der Waals surface area contributed by atoms with Crippen molar-refractivity contribution in [3.63, 3.8) is 0 Å². The Kier molecular flexibility index (Phi) is 4.07. The molecule has 0 spiro atoms. The summed E-state index contributed by atoms with van der Waals surface area (Å²) in [4.78, 5) is 10.3. The molecule has 0 unspecified atom stereocenters. The number of sulfone groups is 1. The fraction of sp³-hybridized carbons (Fsp3) is 0.889. The third-order valence-electron chi connectivity index (χ3n) is 2.74. The van der Waals surface area contributed by atoms with Crippen LogP contribution in [-0.2, 0) is 14.6 Å². The lowest BCUT2D eigenvalue weighted by molar-refractivity contribution is -0.137. The molecule has 0 aromatic heterocycles. The Labute approximate surface area is 88.4 Å². The van der Waals surface area contributed by atoms with E-state index in [9.17, 15) is 17.6 Å². The molecule has 1 N–H and O–H groups in total. The minimum atomic E-state index is -3.11. The van der Waals surface area contributed by atoms with E-state index in [1.54, 1.807) is 0 Å². The number of alkyl halides is 1. The third kappa shape index (κ3) is 4.15. The maximum absolute atomic E-state index is 13.4. The molecule has 88 valence electrons. The molecule has 0 aromatic rings. The summed E-state index contributed by atoms with van der Waals surface area (Å²) in [5.41, 5.74) is 0. The molecular weight excluding hydrogens is 223 g/mol. The van der Waals surface area contributed by atoms with E-state index in [2.05, 4.69) is 0 Å². The van der Waals surface area contributed by atoms with Crippen LogP contribution >= 0.6 is 0 Å². The highest BCUT2D eigenvalue weighted by molar-refractivity contribution is 7.91. The first-order valence-electron chi connectivity index (χ1n) is 4.97. The Morgan fingerprint density at radius 1 is 1.33 bits per heavy atom. The minimum Gasteiger partial charge on any atom is -0.481 e. The summed E-state index contributed by atoms with van der Waals surface area (Å²) < 4.78 is 35.9. The van der Waals surface area contributed by atoms with E-state index in [-0.39, 0.29) is 37.2 Å². The van der Waals surface area contributed by atoms with Crippen LogP contribution in [0.4, 0.5) is 4.39 Å². The van der Waals surface area contributed by atoms with Crippen LogP contribution in [0.25, 0.3) is 0 Å². The van der Waals surface area contributed by atoms with Crippen molar-refractivity contribution >= 4 is 15.8 Å². The van der Waals surface area contributed by atoms with Gasteiger partial charge in [-0.25, -0.2) is 12.8 Å². The molecule has 0 aliphatic carbocycles. The van der Waals surface area contributed by atoms with Gasteiger partial charge in [-0.2, -0.15) is 0 Å². The average molecular weight is 238 g/mol. The SMILES string of the molecule is O=C(O)CC[C@H]1CCS(=O)(=O)CC[C@H]1F. The van der Waals surface area contributed by atoms with E-state index >= 15 is 0 Å². The zero-order valence-corrected chi connectivity index (χ0v) is 9.17. The van der Waals surface area contributed by atoms with Gasteiger partial charge in [-0.15, -0.1) is 0 Å². The first kappa shape index (κ1) is 12.4. The second-order valence-corrected chi connectivity index (χ2v) is 6.24. The summed E-state index contributed by atoms with van der Waals surface area (Å²) in [6.07, 6.45) is -0.790. The second kappa shape index (κ2) is 4.92. The number of aliphatic carboxylic acids is 1. The van der Waals surface area contributed by atoms with Gasteiger partial charge in [0, 0.05) is 6.42 Å².